The van der Waals surface area contributed by atoms with E-state index in [0.29, 0.717) is 22.5 Å². The predicted octanol–water partition coefficient (Wildman–Crippen LogP) is 2.00. The minimum Gasteiger partial charge on any atom is -0.484 e. The van der Waals surface area contributed by atoms with Crippen LogP contribution in [0.3, 0.4) is 0 Å². The summed E-state index contributed by atoms with van der Waals surface area (Å²) >= 11 is 7.14. The van der Waals surface area contributed by atoms with Crippen molar-refractivity contribution in [3.05, 3.63) is 41.9 Å². The van der Waals surface area contributed by atoms with Crippen LogP contribution in [0.15, 0.2) is 41.9 Å². The molecule has 1 amide bonds. The second kappa shape index (κ2) is 7.39. The van der Waals surface area contributed by atoms with Crippen molar-refractivity contribution in [2.45, 2.75) is 11.3 Å². The molecule has 0 spiro atoms. The number of carbonyl (C=O) groups is 1. The molecule has 0 unspecified atom stereocenters. The molecule has 2 heterocycles. The van der Waals surface area contributed by atoms with Crippen LogP contribution >= 0.6 is 23.4 Å². The van der Waals surface area contributed by atoms with E-state index in [1.165, 1.54) is 11.8 Å². The van der Waals surface area contributed by atoms with Crippen LogP contribution in [0.25, 0.3) is 0 Å². The standard InChI is InChI=1S/C16H17ClN2O4S2/c1-2-7-19-13-9-25(21,22)10-14(13)24-16(19)18-15(20)8-23-12-5-3-11(17)4-6-12/h2-6,13-14H,1,7-10H2/t13-,14+/m1/s1. The van der Waals surface area contributed by atoms with E-state index in [4.69, 9.17) is 16.3 Å². The van der Waals surface area contributed by atoms with Crippen LogP contribution in [0.2, 0.25) is 5.02 Å². The fourth-order valence-corrected chi connectivity index (χ4v) is 6.91. The van der Waals surface area contributed by atoms with Crippen molar-refractivity contribution in [2.75, 3.05) is 24.7 Å². The van der Waals surface area contributed by atoms with Gasteiger partial charge in [-0.2, -0.15) is 4.99 Å². The maximum atomic E-state index is 12.1. The first-order chi connectivity index (χ1) is 11.9. The van der Waals surface area contributed by atoms with Crippen LogP contribution in [0.4, 0.5) is 0 Å². The maximum absolute atomic E-state index is 12.1. The van der Waals surface area contributed by atoms with Gasteiger partial charge in [0.25, 0.3) is 5.91 Å². The first-order valence-corrected chi connectivity index (χ1v) is 10.7. The first-order valence-electron chi connectivity index (χ1n) is 7.62. The SMILES string of the molecule is C=CCN1C(=NC(=O)COc2ccc(Cl)cc2)S[C@H]2CS(=O)(=O)C[C@H]21. The van der Waals surface area contributed by atoms with Crippen molar-refractivity contribution in [1.29, 1.82) is 0 Å². The number of amides is 1. The fourth-order valence-electron chi connectivity index (χ4n) is 2.80. The molecule has 6 nitrogen and oxygen atoms in total. The highest BCUT2D eigenvalue weighted by Gasteiger charge is 2.48. The number of sulfone groups is 1. The van der Waals surface area contributed by atoms with Gasteiger partial charge in [-0.05, 0) is 24.3 Å². The van der Waals surface area contributed by atoms with E-state index in [-0.39, 0.29) is 29.4 Å². The van der Waals surface area contributed by atoms with Gasteiger partial charge >= 0.3 is 0 Å². The van der Waals surface area contributed by atoms with Gasteiger partial charge in [0.05, 0.1) is 17.5 Å². The Bertz CT molecular complexity index is 808. The number of benzene rings is 1. The summed E-state index contributed by atoms with van der Waals surface area (Å²) in [6.45, 7) is 3.95. The largest absolute Gasteiger partial charge is 0.484 e. The van der Waals surface area contributed by atoms with Crippen LogP contribution < -0.4 is 4.74 Å². The molecule has 0 bridgehead atoms. The maximum Gasteiger partial charge on any atom is 0.285 e. The summed E-state index contributed by atoms with van der Waals surface area (Å²) in [5.41, 5.74) is 0. The third kappa shape index (κ3) is 4.37. The molecule has 0 aromatic heterocycles. The number of thioether (sulfide) groups is 1. The molecule has 2 fully saturated rings. The predicted molar refractivity (Wildman–Crippen MR) is 100 cm³/mol. The lowest BCUT2D eigenvalue weighted by molar-refractivity contribution is -0.119. The zero-order valence-corrected chi connectivity index (χ0v) is 15.7. The zero-order valence-electron chi connectivity index (χ0n) is 13.3. The highest BCUT2D eigenvalue weighted by atomic mass is 35.5. The van der Waals surface area contributed by atoms with Gasteiger partial charge in [-0.3, -0.25) is 4.79 Å². The van der Waals surface area contributed by atoms with E-state index >= 15 is 0 Å². The second-order valence-corrected chi connectivity index (χ2v) is 9.57. The summed E-state index contributed by atoms with van der Waals surface area (Å²) < 4.78 is 29.0. The number of fused-ring (bicyclic) bond motifs is 1. The molecule has 0 saturated carbocycles. The lowest BCUT2D eigenvalue weighted by Gasteiger charge is -2.22. The average Bonchev–Trinajstić information content (AvgIpc) is 3.00. The summed E-state index contributed by atoms with van der Waals surface area (Å²) in [7, 11) is -3.03. The highest BCUT2D eigenvalue weighted by molar-refractivity contribution is 8.15. The minimum absolute atomic E-state index is 0.0892. The molecular weight excluding hydrogens is 384 g/mol. The summed E-state index contributed by atoms with van der Waals surface area (Å²) in [5.74, 6) is 0.314. The number of halogens is 1. The number of ether oxygens (including phenoxy) is 1. The smallest absolute Gasteiger partial charge is 0.285 e. The van der Waals surface area contributed by atoms with Gasteiger partial charge in [-0.1, -0.05) is 29.4 Å². The molecule has 0 radical (unpaired) electrons. The Kier molecular flexibility index (Phi) is 5.41. The van der Waals surface area contributed by atoms with Crippen LogP contribution in [-0.2, 0) is 14.6 Å². The number of hydrogen-bond acceptors (Lipinski definition) is 5. The quantitative estimate of drug-likeness (QED) is 0.703. The highest BCUT2D eigenvalue weighted by Crippen LogP contribution is 2.37. The summed E-state index contributed by atoms with van der Waals surface area (Å²) in [6.07, 6.45) is 1.68. The average molecular weight is 401 g/mol. The van der Waals surface area contributed by atoms with Crippen LogP contribution in [-0.4, -0.2) is 60.3 Å². The topological polar surface area (TPSA) is 76.0 Å². The van der Waals surface area contributed by atoms with Gasteiger partial charge in [0.2, 0.25) is 0 Å². The zero-order chi connectivity index (χ0) is 18.0. The van der Waals surface area contributed by atoms with Gasteiger partial charge in [-0.25, -0.2) is 8.42 Å². The van der Waals surface area contributed by atoms with E-state index in [2.05, 4.69) is 11.6 Å². The third-order valence-electron chi connectivity index (χ3n) is 3.90. The number of carbonyl (C=O) groups excluding carboxylic acids is 1. The summed E-state index contributed by atoms with van der Waals surface area (Å²) in [5, 5.41) is 1.03. The minimum atomic E-state index is -3.03. The van der Waals surface area contributed by atoms with E-state index < -0.39 is 15.7 Å². The van der Waals surface area contributed by atoms with E-state index in [9.17, 15) is 13.2 Å². The fraction of sp³-hybridized carbons (Fsp3) is 0.375. The lowest BCUT2D eigenvalue weighted by Crippen LogP contribution is -2.37. The molecule has 2 aliphatic rings. The van der Waals surface area contributed by atoms with Gasteiger partial charge in [0, 0.05) is 16.8 Å². The molecule has 0 N–H and O–H groups in total. The van der Waals surface area contributed by atoms with Crippen molar-refractivity contribution in [3.63, 3.8) is 0 Å². The number of hydrogen-bond donors (Lipinski definition) is 0. The molecule has 2 atom stereocenters. The molecule has 2 aliphatic heterocycles. The number of nitrogens with zero attached hydrogens (tertiary/aromatic N) is 2. The number of amidine groups is 1. The molecule has 3 rings (SSSR count). The Balaban J connectivity index is 1.66. The van der Waals surface area contributed by atoms with Gasteiger partial charge in [-0.15, -0.1) is 6.58 Å². The molecule has 0 aliphatic carbocycles. The third-order valence-corrected chi connectivity index (χ3v) is 7.40. The van der Waals surface area contributed by atoms with Crippen LogP contribution in [0, 0.1) is 0 Å². The van der Waals surface area contributed by atoms with Crippen molar-refractivity contribution in [1.82, 2.24) is 4.90 Å². The Morgan fingerprint density at radius 3 is 2.80 bits per heavy atom. The van der Waals surface area contributed by atoms with Crippen LogP contribution in [0.5, 0.6) is 5.75 Å². The van der Waals surface area contributed by atoms with Crippen molar-refractivity contribution < 1.29 is 17.9 Å². The Morgan fingerprint density at radius 1 is 1.40 bits per heavy atom. The van der Waals surface area contributed by atoms with Crippen molar-refractivity contribution in [2.24, 2.45) is 4.99 Å². The molecule has 1 aromatic rings. The molecule has 1 aromatic carbocycles. The molecule has 25 heavy (non-hydrogen) atoms. The van der Waals surface area contributed by atoms with E-state index in [1.807, 2.05) is 4.90 Å². The molecular formula is C16H17ClN2O4S2. The number of aliphatic imine (C=N–C) groups is 1. The Hall–Kier alpha value is -1.51. The molecule has 134 valence electrons. The molecule has 9 heteroatoms. The van der Waals surface area contributed by atoms with Gasteiger partial charge < -0.3 is 9.64 Å². The van der Waals surface area contributed by atoms with Crippen LogP contribution in [0.1, 0.15) is 0 Å². The Labute approximate surface area is 155 Å². The van der Waals surface area contributed by atoms with Gasteiger partial charge in [0.15, 0.2) is 21.6 Å². The number of rotatable bonds is 5. The summed E-state index contributed by atoms with van der Waals surface area (Å²) in [4.78, 5) is 18.1. The monoisotopic (exact) mass is 400 g/mol. The Morgan fingerprint density at radius 2 is 2.12 bits per heavy atom. The molecule has 2 saturated heterocycles. The van der Waals surface area contributed by atoms with E-state index in [0.717, 1.165) is 0 Å². The first kappa shape index (κ1) is 18.3. The van der Waals surface area contributed by atoms with E-state index in [1.54, 1.807) is 30.3 Å². The normalized spacial score (nSPS) is 25.8. The van der Waals surface area contributed by atoms with Crippen molar-refractivity contribution >= 4 is 44.3 Å². The summed E-state index contributed by atoms with van der Waals surface area (Å²) in [6, 6.07) is 6.54. The lowest BCUT2D eigenvalue weighted by atomic mass is 10.2. The van der Waals surface area contributed by atoms with Crippen molar-refractivity contribution in [3.8, 4) is 5.75 Å². The van der Waals surface area contributed by atoms with Gasteiger partial charge in [0.1, 0.15) is 5.75 Å². The second-order valence-electron chi connectivity index (χ2n) is 5.77.